The number of hydroxylamine groups is 1. The Bertz CT molecular complexity index is 1080. The van der Waals surface area contributed by atoms with Crippen molar-refractivity contribution in [2.24, 2.45) is 5.92 Å². The molecule has 0 spiro atoms. The molecule has 5 rings (SSSR count). The molecule has 2 aliphatic heterocycles. The van der Waals surface area contributed by atoms with Crippen molar-refractivity contribution in [2.45, 2.75) is 38.5 Å². The zero-order valence-corrected chi connectivity index (χ0v) is 18.6. The van der Waals surface area contributed by atoms with Crippen LogP contribution in [0.1, 0.15) is 36.9 Å². The van der Waals surface area contributed by atoms with Gasteiger partial charge in [-0.25, -0.2) is 0 Å². The lowest BCUT2D eigenvalue weighted by Gasteiger charge is -2.32. The van der Waals surface area contributed by atoms with Gasteiger partial charge in [-0.05, 0) is 74.9 Å². The predicted octanol–water partition coefficient (Wildman–Crippen LogP) is 4.79. The molecule has 2 aromatic carbocycles. The van der Waals surface area contributed by atoms with Gasteiger partial charge in [-0.15, -0.1) is 0 Å². The third-order valence-electron chi connectivity index (χ3n) is 6.75. The molecule has 3 aromatic rings. The van der Waals surface area contributed by atoms with E-state index in [1.165, 1.54) is 34.5 Å². The predicted molar refractivity (Wildman–Crippen MR) is 127 cm³/mol. The molecular formula is C27H31N3O2. The van der Waals surface area contributed by atoms with Crippen LogP contribution in [-0.2, 0) is 22.5 Å². The van der Waals surface area contributed by atoms with Crippen LogP contribution >= 0.6 is 0 Å². The van der Waals surface area contributed by atoms with Gasteiger partial charge in [0.15, 0.2) is 0 Å². The molecule has 0 bridgehead atoms. The number of carbonyl (C=O) groups excluding carboxylic acids is 1. The van der Waals surface area contributed by atoms with E-state index in [-0.39, 0.29) is 5.91 Å². The quantitative estimate of drug-likeness (QED) is 0.507. The average Bonchev–Trinajstić information content (AvgIpc) is 2.84. The number of anilines is 1. The van der Waals surface area contributed by atoms with Crippen molar-refractivity contribution in [3.05, 3.63) is 71.9 Å². The lowest BCUT2D eigenvalue weighted by Crippen LogP contribution is -2.37. The summed E-state index contributed by atoms with van der Waals surface area (Å²) in [5.74, 6) is 0.769. The summed E-state index contributed by atoms with van der Waals surface area (Å²) in [6.07, 6.45) is 5.76. The van der Waals surface area contributed by atoms with Gasteiger partial charge in [0.1, 0.15) is 0 Å². The van der Waals surface area contributed by atoms with E-state index in [4.69, 9.17) is 9.82 Å². The number of aryl methyl sites for hydroxylation is 1. The summed E-state index contributed by atoms with van der Waals surface area (Å²) in [4.78, 5) is 25.6. The smallest absolute Gasteiger partial charge is 0.251 e. The lowest BCUT2D eigenvalue weighted by atomic mass is 9.91. The number of carbonyl (C=O) groups is 1. The first-order valence-electron chi connectivity index (χ1n) is 11.9. The summed E-state index contributed by atoms with van der Waals surface area (Å²) in [6.45, 7) is 3.85. The molecule has 1 fully saturated rings. The Kier molecular flexibility index (Phi) is 6.46. The molecule has 32 heavy (non-hydrogen) atoms. The maximum atomic E-state index is 12.3. The Labute approximate surface area is 190 Å². The monoisotopic (exact) mass is 429 g/mol. The maximum Gasteiger partial charge on any atom is 0.251 e. The molecule has 0 saturated carbocycles. The summed E-state index contributed by atoms with van der Waals surface area (Å²) < 4.78 is 0. The van der Waals surface area contributed by atoms with Gasteiger partial charge in [0, 0.05) is 24.0 Å². The van der Waals surface area contributed by atoms with Crippen molar-refractivity contribution >= 4 is 22.5 Å². The summed E-state index contributed by atoms with van der Waals surface area (Å²) in [5, 5.41) is 2.73. The highest BCUT2D eigenvalue weighted by Gasteiger charge is 2.25. The number of piperidine rings is 1. The number of amides is 1. The van der Waals surface area contributed by atoms with Crippen molar-refractivity contribution < 1.29 is 9.63 Å². The number of likely N-dealkylation sites (tertiary alicyclic amines) is 1. The molecule has 1 aromatic heterocycles. The van der Waals surface area contributed by atoms with Crippen LogP contribution in [-0.4, -0.2) is 42.0 Å². The number of benzene rings is 2. The largest absolute Gasteiger partial charge is 0.303 e. The molecule has 3 heterocycles. The van der Waals surface area contributed by atoms with Crippen LogP contribution in [0.15, 0.2) is 60.7 Å². The SMILES string of the molecule is O=C1CCc2ccccc2N1OCCCN1CCC(Cc2ccc3ccccc3n2)CC1. The van der Waals surface area contributed by atoms with Gasteiger partial charge < -0.3 is 4.90 Å². The maximum absolute atomic E-state index is 12.3. The van der Waals surface area contributed by atoms with Crippen molar-refractivity contribution in [2.75, 3.05) is 31.3 Å². The number of nitrogens with zero attached hydrogens (tertiary/aromatic N) is 3. The highest BCUT2D eigenvalue weighted by Crippen LogP contribution is 2.28. The van der Waals surface area contributed by atoms with Gasteiger partial charge in [0.25, 0.3) is 5.91 Å². The van der Waals surface area contributed by atoms with Gasteiger partial charge in [0.2, 0.25) is 0 Å². The molecule has 5 nitrogen and oxygen atoms in total. The van der Waals surface area contributed by atoms with Crippen LogP contribution in [0, 0.1) is 5.92 Å². The first-order chi connectivity index (χ1) is 15.8. The molecule has 1 amide bonds. The van der Waals surface area contributed by atoms with E-state index in [0.717, 1.165) is 50.1 Å². The minimum absolute atomic E-state index is 0.0619. The second-order valence-electron chi connectivity index (χ2n) is 8.99. The Morgan fingerprint density at radius 3 is 2.66 bits per heavy atom. The Hall–Kier alpha value is -2.76. The molecule has 0 unspecified atom stereocenters. The molecule has 2 aliphatic rings. The Balaban J connectivity index is 1.05. The number of pyridine rings is 1. The first kappa shape index (κ1) is 21.1. The van der Waals surface area contributed by atoms with E-state index in [1.54, 1.807) is 0 Å². The number of para-hydroxylation sites is 2. The van der Waals surface area contributed by atoms with E-state index >= 15 is 0 Å². The van der Waals surface area contributed by atoms with E-state index in [2.05, 4.69) is 47.4 Å². The van der Waals surface area contributed by atoms with Crippen LogP contribution < -0.4 is 5.06 Å². The van der Waals surface area contributed by atoms with Gasteiger partial charge >= 0.3 is 0 Å². The lowest BCUT2D eigenvalue weighted by molar-refractivity contribution is -0.126. The zero-order chi connectivity index (χ0) is 21.8. The minimum atomic E-state index is 0.0619. The Morgan fingerprint density at radius 1 is 0.938 bits per heavy atom. The number of hydrogen-bond acceptors (Lipinski definition) is 4. The van der Waals surface area contributed by atoms with E-state index < -0.39 is 0 Å². The molecule has 0 N–H and O–H groups in total. The summed E-state index contributed by atoms with van der Waals surface area (Å²) >= 11 is 0. The average molecular weight is 430 g/mol. The van der Waals surface area contributed by atoms with Crippen molar-refractivity contribution in [1.82, 2.24) is 9.88 Å². The molecule has 0 radical (unpaired) electrons. The number of aromatic nitrogens is 1. The van der Waals surface area contributed by atoms with Crippen molar-refractivity contribution in [3.63, 3.8) is 0 Å². The topological polar surface area (TPSA) is 45.7 Å². The van der Waals surface area contributed by atoms with Crippen molar-refractivity contribution in [1.29, 1.82) is 0 Å². The first-order valence-corrected chi connectivity index (χ1v) is 11.9. The fourth-order valence-electron chi connectivity index (χ4n) is 4.92. The van der Waals surface area contributed by atoms with Crippen LogP contribution in [0.2, 0.25) is 0 Å². The second-order valence-corrected chi connectivity index (χ2v) is 8.99. The van der Waals surface area contributed by atoms with Gasteiger partial charge in [-0.1, -0.05) is 42.5 Å². The molecule has 0 aliphatic carbocycles. The molecule has 0 atom stereocenters. The van der Waals surface area contributed by atoms with E-state index in [0.29, 0.717) is 18.9 Å². The molecule has 166 valence electrons. The van der Waals surface area contributed by atoms with Gasteiger partial charge in [-0.3, -0.25) is 14.6 Å². The number of rotatable bonds is 7. The standard InChI is InChI=1S/C27H31N3O2/c31-27-13-11-23-7-2-4-9-26(23)30(27)32-19-5-16-29-17-14-21(15-18-29)20-24-12-10-22-6-1-3-8-25(22)28-24/h1-4,6-10,12,21H,5,11,13-20H2. The summed E-state index contributed by atoms with van der Waals surface area (Å²) in [7, 11) is 0. The number of hydrogen-bond donors (Lipinski definition) is 0. The summed E-state index contributed by atoms with van der Waals surface area (Å²) in [5.41, 5.74) is 4.40. The van der Waals surface area contributed by atoms with Gasteiger partial charge in [-0.2, -0.15) is 5.06 Å². The highest BCUT2D eigenvalue weighted by molar-refractivity contribution is 5.94. The fourth-order valence-corrected chi connectivity index (χ4v) is 4.92. The van der Waals surface area contributed by atoms with Crippen LogP contribution in [0.3, 0.4) is 0 Å². The third-order valence-corrected chi connectivity index (χ3v) is 6.75. The van der Waals surface area contributed by atoms with Crippen LogP contribution in [0.25, 0.3) is 10.9 Å². The fraction of sp³-hybridized carbons (Fsp3) is 0.407. The molecule has 5 heteroatoms. The minimum Gasteiger partial charge on any atom is -0.303 e. The zero-order valence-electron chi connectivity index (χ0n) is 18.6. The highest BCUT2D eigenvalue weighted by atomic mass is 16.7. The molecular weight excluding hydrogens is 398 g/mol. The normalized spacial score (nSPS) is 17.6. The Morgan fingerprint density at radius 2 is 1.75 bits per heavy atom. The molecule has 1 saturated heterocycles. The third kappa shape index (κ3) is 4.84. The van der Waals surface area contributed by atoms with Crippen LogP contribution in [0.4, 0.5) is 5.69 Å². The van der Waals surface area contributed by atoms with E-state index in [9.17, 15) is 4.79 Å². The van der Waals surface area contributed by atoms with Gasteiger partial charge in [0.05, 0.1) is 17.8 Å². The summed E-state index contributed by atoms with van der Waals surface area (Å²) in [6, 6.07) is 20.8. The number of fused-ring (bicyclic) bond motifs is 2. The van der Waals surface area contributed by atoms with Crippen molar-refractivity contribution in [3.8, 4) is 0 Å². The second kappa shape index (κ2) is 9.80. The van der Waals surface area contributed by atoms with E-state index in [1.807, 2.05) is 18.2 Å². The van der Waals surface area contributed by atoms with Crippen LogP contribution in [0.5, 0.6) is 0 Å².